The Morgan fingerprint density at radius 2 is 2.12 bits per heavy atom. The summed E-state index contributed by atoms with van der Waals surface area (Å²) in [6.07, 6.45) is 1.40. The highest BCUT2D eigenvalue weighted by atomic mass is 19.1. The van der Waals surface area contributed by atoms with Crippen molar-refractivity contribution in [3.05, 3.63) is 56.8 Å². The van der Waals surface area contributed by atoms with Gasteiger partial charge in [0.25, 0.3) is 11.6 Å². The smallest absolute Gasteiger partial charge is 0.295 e. The van der Waals surface area contributed by atoms with E-state index in [4.69, 9.17) is 10.2 Å². The SMILES string of the molecule is Cc1cc2c(o1)CC(C)(C)C[C@@H]2NC(=O)c1cc(F)cc([N+](=O)[O-])c1N. The number of benzene rings is 1. The number of nitrogens with two attached hydrogens (primary N) is 1. The molecule has 2 aromatic rings. The molecule has 0 spiro atoms. The molecular formula is C18H20FN3O4. The topological polar surface area (TPSA) is 111 Å². The van der Waals surface area contributed by atoms with Gasteiger partial charge in [-0.15, -0.1) is 0 Å². The van der Waals surface area contributed by atoms with E-state index < -0.39 is 22.3 Å². The van der Waals surface area contributed by atoms with Gasteiger partial charge in [0.15, 0.2) is 0 Å². The van der Waals surface area contributed by atoms with Crippen LogP contribution in [0.15, 0.2) is 22.6 Å². The van der Waals surface area contributed by atoms with Crippen LogP contribution < -0.4 is 11.1 Å². The van der Waals surface area contributed by atoms with Gasteiger partial charge in [-0.1, -0.05) is 13.8 Å². The van der Waals surface area contributed by atoms with Crippen molar-refractivity contribution in [1.29, 1.82) is 0 Å². The molecule has 0 unspecified atom stereocenters. The number of aryl methyl sites for hydroxylation is 1. The van der Waals surface area contributed by atoms with E-state index in [0.717, 1.165) is 29.6 Å². The van der Waals surface area contributed by atoms with Crippen molar-refractivity contribution in [3.63, 3.8) is 0 Å². The minimum atomic E-state index is -0.889. The maximum absolute atomic E-state index is 13.7. The van der Waals surface area contributed by atoms with E-state index in [-0.39, 0.29) is 22.7 Å². The number of halogens is 1. The maximum Gasteiger partial charge on any atom is 0.295 e. The molecule has 138 valence electrons. The van der Waals surface area contributed by atoms with Crippen molar-refractivity contribution in [2.75, 3.05) is 5.73 Å². The van der Waals surface area contributed by atoms with Crippen LogP contribution in [-0.4, -0.2) is 10.8 Å². The first-order valence-electron chi connectivity index (χ1n) is 8.21. The number of anilines is 1. The van der Waals surface area contributed by atoms with Crippen LogP contribution in [0.1, 0.15) is 53.8 Å². The summed E-state index contributed by atoms with van der Waals surface area (Å²) in [5.74, 6) is 0.00701. The molecule has 7 nitrogen and oxygen atoms in total. The molecular weight excluding hydrogens is 341 g/mol. The van der Waals surface area contributed by atoms with Crippen LogP contribution in [0.25, 0.3) is 0 Å². The molecule has 0 fully saturated rings. The van der Waals surface area contributed by atoms with Crippen molar-refractivity contribution in [2.45, 2.75) is 39.7 Å². The Morgan fingerprint density at radius 3 is 2.77 bits per heavy atom. The van der Waals surface area contributed by atoms with Gasteiger partial charge in [0.2, 0.25) is 0 Å². The summed E-state index contributed by atoms with van der Waals surface area (Å²) in [7, 11) is 0. The zero-order valence-electron chi connectivity index (χ0n) is 14.8. The van der Waals surface area contributed by atoms with E-state index in [0.29, 0.717) is 12.5 Å². The van der Waals surface area contributed by atoms with E-state index in [9.17, 15) is 19.3 Å². The number of carbonyl (C=O) groups excluding carboxylic acids is 1. The van der Waals surface area contributed by atoms with E-state index in [1.165, 1.54) is 0 Å². The number of nitrogens with zero attached hydrogens (tertiary/aromatic N) is 1. The minimum absolute atomic E-state index is 0.102. The third kappa shape index (κ3) is 3.26. The molecule has 1 atom stereocenters. The lowest BCUT2D eigenvalue weighted by Gasteiger charge is -2.34. The number of furan rings is 1. The van der Waals surface area contributed by atoms with E-state index >= 15 is 0 Å². The lowest BCUT2D eigenvalue weighted by atomic mass is 9.74. The Bertz CT molecular complexity index is 904. The summed E-state index contributed by atoms with van der Waals surface area (Å²) in [6.45, 7) is 5.96. The van der Waals surface area contributed by atoms with Gasteiger partial charge in [-0.2, -0.15) is 0 Å². The van der Waals surface area contributed by atoms with Crippen molar-refractivity contribution in [2.24, 2.45) is 5.41 Å². The molecule has 0 saturated heterocycles. The third-order valence-electron chi connectivity index (χ3n) is 4.61. The zero-order valence-corrected chi connectivity index (χ0v) is 14.8. The second-order valence-electron chi connectivity index (χ2n) is 7.45. The largest absolute Gasteiger partial charge is 0.466 e. The second-order valence-corrected chi connectivity index (χ2v) is 7.45. The third-order valence-corrected chi connectivity index (χ3v) is 4.61. The van der Waals surface area contributed by atoms with Gasteiger partial charge < -0.3 is 15.5 Å². The van der Waals surface area contributed by atoms with Crippen LogP contribution in [-0.2, 0) is 6.42 Å². The molecule has 3 N–H and O–H groups in total. The molecule has 0 saturated carbocycles. The van der Waals surface area contributed by atoms with Gasteiger partial charge in [0.05, 0.1) is 22.6 Å². The van der Waals surface area contributed by atoms with E-state index in [1.54, 1.807) is 0 Å². The van der Waals surface area contributed by atoms with Gasteiger partial charge in [0.1, 0.15) is 23.0 Å². The number of hydrogen-bond donors (Lipinski definition) is 2. The first-order valence-corrected chi connectivity index (χ1v) is 8.21. The monoisotopic (exact) mass is 361 g/mol. The zero-order chi connectivity index (χ0) is 19.2. The van der Waals surface area contributed by atoms with Crippen LogP contribution in [0.4, 0.5) is 15.8 Å². The van der Waals surface area contributed by atoms with Gasteiger partial charge in [-0.05, 0) is 30.9 Å². The molecule has 1 aromatic heterocycles. The second kappa shape index (κ2) is 6.12. The first kappa shape index (κ1) is 17.9. The highest BCUT2D eigenvalue weighted by Gasteiger charge is 2.36. The minimum Gasteiger partial charge on any atom is -0.466 e. The highest BCUT2D eigenvalue weighted by molar-refractivity contribution is 6.01. The van der Waals surface area contributed by atoms with Crippen LogP contribution >= 0.6 is 0 Å². The number of carbonyl (C=O) groups is 1. The Labute approximate surface area is 149 Å². The van der Waals surface area contributed by atoms with E-state index in [1.807, 2.05) is 13.0 Å². The van der Waals surface area contributed by atoms with Gasteiger partial charge in [-0.3, -0.25) is 14.9 Å². The van der Waals surface area contributed by atoms with Crippen molar-refractivity contribution in [3.8, 4) is 0 Å². The normalized spacial score (nSPS) is 18.2. The fourth-order valence-electron chi connectivity index (χ4n) is 3.49. The molecule has 1 heterocycles. The molecule has 3 rings (SSSR count). The average molecular weight is 361 g/mol. The van der Waals surface area contributed by atoms with Gasteiger partial charge in [-0.25, -0.2) is 4.39 Å². The molecule has 0 radical (unpaired) electrons. The fourth-order valence-corrected chi connectivity index (χ4v) is 3.49. The maximum atomic E-state index is 13.7. The van der Waals surface area contributed by atoms with Crippen LogP contribution in [0, 0.1) is 28.3 Å². The number of nitrogens with one attached hydrogen (secondary N) is 1. The lowest BCUT2D eigenvalue weighted by Crippen LogP contribution is -2.36. The Hall–Kier alpha value is -2.90. The highest BCUT2D eigenvalue weighted by Crippen LogP contribution is 2.42. The summed E-state index contributed by atoms with van der Waals surface area (Å²) in [5, 5.41) is 13.8. The fraction of sp³-hybridized carbons (Fsp3) is 0.389. The Balaban J connectivity index is 1.95. The van der Waals surface area contributed by atoms with Crippen LogP contribution in [0.5, 0.6) is 0 Å². The Morgan fingerprint density at radius 1 is 1.42 bits per heavy atom. The summed E-state index contributed by atoms with van der Waals surface area (Å²) in [4.78, 5) is 22.9. The molecule has 1 aliphatic carbocycles. The quantitative estimate of drug-likeness (QED) is 0.492. The molecule has 0 bridgehead atoms. The van der Waals surface area contributed by atoms with Gasteiger partial charge >= 0.3 is 0 Å². The predicted octanol–water partition coefficient (Wildman–Crippen LogP) is 3.66. The number of nitrogen functional groups attached to an aromatic ring is 1. The summed E-state index contributed by atoms with van der Waals surface area (Å²) in [6, 6.07) is 3.13. The first-order chi connectivity index (χ1) is 12.1. The summed E-state index contributed by atoms with van der Waals surface area (Å²) < 4.78 is 19.4. The van der Waals surface area contributed by atoms with Crippen molar-refractivity contribution >= 4 is 17.3 Å². The number of nitro groups is 1. The number of hydrogen-bond acceptors (Lipinski definition) is 5. The van der Waals surface area contributed by atoms with Crippen LogP contribution in [0.3, 0.4) is 0 Å². The molecule has 1 aliphatic rings. The van der Waals surface area contributed by atoms with Crippen LogP contribution in [0.2, 0.25) is 0 Å². The molecule has 8 heteroatoms. The number of nitro benzene ring substituents is 1. The lowest BCUT2D eigenvalue weighted by molar-refractivity contribution is -0.384. The van der Waals surface area contributed by atoms with E-state index in [2.05, 4.69) is 19.2 Å². The standard InChI is InChI=1S/C18H20FN3O4/c1-9-4-11-13(7-18(2,3)8-15(11)26-9)21-17(23)12-5-10(19)6-14(16(12)20)22(24)25/h4-6,13H,7-8,20H2,1-3H3,(H,21,23)/t13-/m0/s1. The summed E-state index contributed by atoms with van der Waals surface area (Å²) >= 11 is 0. The van der Waals surface area contributed by atoms with Gasteiger partial charge in [0, 0.05) is 12.0 Å². The number of amides is 1. The predicted molar refractivity (Wildman–Crippen MR) is 93.2 cm³/mol. The molecule has 26 heavy (non-hydrogen) atoms. The van der Waals surface area contributed by atoms with Crippen molar-refractivity contribution < 1.29 is 18.5 Å². The Kier molecular flexibility index (Phi) is 4.21. The summed E-state index contributed by atoms with van der Waals surface area (Å²) in [5.41, 5.74) is 5.27. The number of rotatable bonds is 3. The molecule has 1 amide bonds. The molecule has 1 aromatic carbocycles. The average Bonchev–Trinajstić information content (AvgIpc) is 2.87. The molecule has 0 aliphatic heterocycles. The van der Waals surface area contributed by atoms with Crippen molar-refractivity contribution in [1.82, 2.24) is 5.32 Å². The number of fused-ring (bicyclic) bond motifs is 1.